The van der Waals surface area contributed by atoms with Crippen LogP contribution in [0.4, 0.5) is 0 Å². The van der Waals surface area contributed by atoms with Crippen molar-refractivity contribution >= 4 is 14.3 Å². The van der Waals surface area contributed by atoms with E-state index in [0.717, 1.165) is 17.1 Å². The molecule has 0 aliphatic carbocycles. The number of rotatable bonds is 4. The van der Waals surface area contributed by atoms with Gasteiger partial charge in [0.05, 0.1) is 19.1 Å². The summed E-state index contributed by atoms with van der Waals surface area (Å²) in [6.07, 6.45) is 0.222. The van der Waals surface area contributed by atoms with E-state index in [-0.39, 0.29) is 29.8 Å². The van der Waals surface area contributed by atoms with E-state index in [0.29, 0.717) is 13.0 Å². The number of benzene rings is 1. The number of ether oxygens (including phenoxy) is 3. The van der Waals surface area contributed by atoms with Crippen molar-refractivity contribution in [2.75, 3.05) is 13.4 Å². The Morgan fingerprint density at radius 2 is 1.88 bits per heavy atom. The minimum Gasteiger partial charge on any atom is -0.465 e. The van der Waals surface area contributed by atoms with E-state index in [9.17, 15) is 4.79 Å². The zero-order valence-electron chi connectivity index (χ0n) is 15.0. The first kappa shape index (κ1) is 17.3. The SMILES string of the molecule is CC(C)(C)[Si](C)(C)O[C@@H](c1ccc2c(c1)OCO2)[C@H]1COC(=O)C1. The van der Waals surface area contributed by atoms with Crippen LogP contribution in [0.1, 0.15) is 38.9 Å². The van der Waals surface area contributed by atoms with Crippen molar-refractivity contribution in [1.29, 1.82) is 0 Å². The molecule has 3 rings (SSSR count). The Morgan fingerprint density at radius 1 is 1.17 bits per heavy atom. The molecule has 6 heteroatoms. The van der Waals surface area contributed by atoms with Gasteiger partial charge in [0.2, 0.25) is 6.79 Å². The molecule has 0 bridgehead atoms. The summed E-state index contributed by atoms with van der Waals surface area (Å²) in [7, 11) is -2.00. The normalized spacial score (nSPS) is 21.7. The summed E-state index contributed by atoms with van der Waals surface area (Å²) >= 11 is 0. The number of cyclic esters (lactones) is 1. The molecule has 132 valence electrons. The average molecular weight is 350 g/mol. The quantitative estimate of drug-likeness (QED) is 0.606. The smallest absolute Gasteiger partial charge is 0.306 e. The van der Waals surface area contributed by atoms with Crippen molar-refractivity contribution in [3.63, 3.8) is 0 Å². The van der Waals surface area contributed by atoms with E-state index in [1.165, 1.54) is 0 Å². The molecule has 0 amide bonds. The van der Waals surface area contributed by atoms with Crippen molar-refractivity contribution in [3.05, 3.63) is 23.8 Å². The van der Waals surface area contributed by atoms with Crippen molar-refractivity contribution in [2.24, 2.45) is 5.92 Å². The van der Waals surface area contributed by atoms with Crippen LogP contribution in [0, 0.1) is 5.92 Å². The predicted octanol–water partition coefficient (Wildman–Crippen LogP) is 4.04. The molecule has 0 N–H and O–H groups in total. The van der Waals surface area contributed by atoms with Gasteiger partial charge >= 0.3 is 5.97 Å². The summed E-state index contributed by atoms with van der Waals surface area (Å²) in [6.45, 7) is 11.8. The molecule has 2 aliphatic heterocycles. The highest BCUT2D eigenvalue weighted by Crippen LogP contribution is 2.45. The zero-order valence-corrected chi connectivity index (χ0v) is 16.0. The Morgan fingerprint density at radius 3 is 2.50 bits per heavy atom. The molecule has 24 heavy (non-hydrogen) atoms. The summed E-state index contributed by atoms with van der Waals surface area (Å²) < 4.78 is 22.8. The lowest BCUT2D eigenvalue weighted by molar-refractivity contribution is -0.137. The molecule has 0 saturated carbocycles. The third-order valence-corrected chi connectivity index (χ3v) is 9.72. The summed E-state index contributed by atoms with van der Waals surface area (Å²) in [5, 5.41) is 0.0884. The van der Waals surface area contributed by atoms with Gasteiger partial charge < -0.3 is 18.6 Å². The molecule has 1 aromatic carbocycles. The second-order valence-corrected chi connectivity index (χ2v) is 12.8. The van der Waals surface area contributed by atoms with Crippen LogP contribution >= 0.6 is 0 Å². The topological polar surface area (TPSA) is 54.0 Å². The maximum Gasteiger partial charge on any atom is 0.306 e. The number of carbonyl (C=O) groups is 1. The van der Waals surface area contributed by atoms with Gasteiger partial charge in [0, 0.05) is 5.92 Å². The Labute approximate surface area is 144 Å². The number of esters is 1. The van der Waals surface area contributed by atoms with Crippen LogP contribution in [0.15, 0.2) is 18.2 Å². The Bertz CT molecular complexity index is 635. The fourth-order valence-electron chi connectivity index (χ4n) is 2.75. The van der Waals surface area contributed by atoms with Gasteiger partial charge in [-0.2, -0.15) is 0 Å². The second kappa shape index (κ2) is 6.08. The van der Waals surface area contributed by atoms with Crippen LogP contribution in [-0.2, 0) is 14.0 Å². The third-order valence-electron chi connectivity index (χ3n) is 5.27. The molecule has 0 unspecified atom stereocenters. The number of hydrogen-bond donors (Lipinski definition) is 0. The van der Waals surface area contributed by atoms with Crippen molar-refractivity contribution in [2.45, 2.75) is 51.4 Å². The van der Waals surface area contributed by atoms with E-state index in [4.69, 9.17) is 18.6 Å². The summed E-state index contributed by atoms with van der Waals surface area (Å²) in [4.78, 5) is 11.6. The van der Waals surface area contributed by atoms with Crippen molar-refractivity contribution in [1.82, 2.24) is 0 Å². The van der Waals surface area contributed by atoms with Gasteiger partial charge in [-0.15, -0.1) is 0 Å². The third kappa shape index (κ3) is 3.30. The van der Waals surface area contributed by atoms with Gasteiger partial charge in [-0.1, -0.05) is 26.8 Å². The molecule has 1 saturated heterocycles. The van der Waals surface area contributed by atoms with E-state index in [1.807, 2.05) is 18.2 Å². The van der Waals surface area contributed by atoms with Crippen molar-refractivity contribution in [3.8, 4) is 11.5 Å². The highest BCUT2D eigenvalue weighted by atomic mass is 28.4. The fraction of sp³-hybridized carbons (Fsp3) is 0.611. The average Bonchev–Trinajstić information content (AvgIpc) is 3.11. The van der Waals surface area contributed by atoms with E-state index >= 15 is 0 Å². The van der Waals surface area contributed by atoms with E-state index in [1.54, 1.807) is 0 Å². The van der Waals surface area contributed by atoms with Gasteiger partial charge in [-0.05, 0) is 35.8 Å². The van der Waals surface area contributed by atoms with Crippen LogP contribution in [0.2, 0.25) is 18.1 Å². The predicted molar refractivity (Wildman–Crippen MR) is 92.7 cm³/mol. The zero-order chi connectivity index (χ0) is 17.5. The first-order chi connectivity index (χ1) is 11.2. The maximum atomic E-state index is 11.6. The summed E-state index contributed by atoms with van der Waals surface area (Å²) in [5.41, 5.74) is 1.02. The second-order valence-electron chi connectivity index (χ2n) is 8.06. The number of carbonyl (C=O) groups excluding carboxylic acids is 1. The lowest BCUT2D eigenvalue weighted by Crippen LogP contribution is -2.43. The highest BCUT2D eigenvalue weighted by Gasteiger charge is 2.43. The Hall–Kier alpha value is -1.53. The van der Waals surface area contributed by atoms with Gasteiger partial charge in [-0.25, -0.2) is 0 Å². The first-order valence-corrected chi connectivity index (χ1v) is 11.3. The minimum atomic E-state index is -2.00. The first-order valence-electron chi connectivity index (χ1n) is 8.40. The molecule has 0 aromatic heterocycles. The molecular formula is C18H26O5Si. The molecule has 2 atom stereocenters. The monoisotopic (exact) mass is 350 g/mol. The van der Waals surface area contributed by atoms with Crippen LogP contribution in [0.3, 0.4) is 0 Å². The lowest BCUT2D eigenvalue weighted by Gasteiger charge is -2.40. The van der Waals surface area contributed by atoms with Crippen LogP contribution in [0.25, 0.3) is 0 Å². The molecule has 2 heterocycles. The molecule has 0 spiro atoms. The molecule has 2 aliphatic rings. The fourth-order valence-corrected chi connectivity index (χ4v) is 4.06. The van der Waals surface area contributed by atoms with Crippen molar-refractivity contribution < 1.29 is 23.4 Å². The summed E-state index contributed by atoms with van der Waals surface area (Å²) in [6, 6.07) is 5.90. The number of hydrogen-bond acceptors (Lipinski definition) is 5. The van der Waals surface area contributed by atoms with Gasteiger partial charge in [0.15, 0.2) is 19.8 Å². The number of fused-ring (bicyclic) bond motifs is 1. The lowest BCUT2D eigenvalue weighted by atomic mass is 9.95. The Kier molecular flexibility index (Phi) is 4.38. The maximum absolute atomic E-state index is 11.6. The standard InChI is InChI=1S/C18H26O5Si/c1-18(2,3)24(4,5)23-17(13-9-16(19)20-10-13)12-6-7-14-15(8-12)22-11-21-14/h6-8,13,17H,9-11H2,1-5H3/t13-,17+/m1/s1. The van der Waals surface area contributed by atoms with Gasteiger partial charge in [0.25, 0.3) is 0 Å². The van der Waals surface area contributed by atoms with Gasteiger partial charge in [0.1, 0.15) is 0 Å². The van der Waals surface area contributed by atoms with E-state index in [2.05, 4.69) is 33.9 Å². The largest absolute Gasteiger partial charge is 0.465 e. The van der Waals surface area contributed by atoms with Crippen LogP contribution < -0.4 is 9.47 Å². The highest BCUT2D eigenvalue weighted by molar-refractivity contribution is 6.74. The molecule has 1 aromatic rings. The minimum absolute atomic E-state index is 0.0343. The van der Waals surface area contributed by atoms with E-state index < -0.39 is 8.32 Å². The molecule has 5 nitrogen and oxygen atoms in total. The summed E-state index contributed by atoms with van der Waals surface area (Å²) in [5.74, 6) is 1.38. The van der Waals surface area contributed by atoms with Crippen LogP contribution in [-0.4, -0.2) is 27.7 Å². The molecule has 1 fully saturated rings. The van der Waals surface area contributed by atoms with Gasteiger partial charge in [-0.3, -0.25) is 4.79 Å². The van der Waals surface area contributed by atoms with Crippen LogP contribution in [0.5, 0.6) is 11.5 Å². The molecular weight excluding hydrogens is 324 g/mol. The Balaban J connectivity index is 1.92. The molecule has 0 radical (unpaired) electrons.